The van der Waals surface area contributed by atoms with Gasteiger partial charge in [0.1, 0.15) is 5.69 Å². The van der Waals surface area contributed by atoms with Crippen LogP contribution in [-0.2, 0) is 0 Å². The number of halogens is 5. The average molecular weight is 319 g/mol. The number of hydrogen-bond donors (Lipinski definition) is 0. The first-order valence-corrected chi connectivity index (χ1v) is 4.64. The van der Waals surface area contributed by atoms with Gasteiger partial charge >= 0.3 is 0 Å². The third-order valence-corrected chi connectivity index (χ3v) is 2.58. The van der Waals surface area contributed by atoms with Crippen molar-refractivity contribution in [2.45, 2.75) is 0 Å². The normalized spacial score (nSPS) is 10.5. The van der Waals surface area contributed by atoms with E-state index in [-0.39, 0.29) is 0 Å². The minimum atomic E-state index is -1.38. The molecule has 0 unspecified atom stereocenters. The predicted molar refractivity (Wildman–Crippen MR) is 53.3 cm³/mol. The standard InChI is InChI=1S/C8H6F4IN/c1-14(2)8-5(11)3(9)7(13)4(10)6(8)12/h1-2H3. The van der Waals surface area contributed by atoms with E-state index < -0.39 is 32.5 Å². The molecule has 0 saturated carbocycles. The molecule has 1 aromatic rings. The van der Waals surface area contributed by atoms with Crippen LogP contribution >= 0.6 is 22.6 Å². The van der Waals surface area contributed by atoms with Gasteiger partial charge in [-0.15, -0.1) is 0 Å². The number of nitrogens with zero attached hydrogens (tertiary/aromatic N) is 1. The molecule has 0 fully saturated rings. The molecule has 1 rings (SSSR count). The average Bonchev–Trinajstić information content (AvgIpc) is 2.11. The Labute approximate surface area is 91.8 Å². The van der Waals surface area contributed by atoms with Crippen molar-refractivity contribution in [1.82, 2.24) is 0 Å². The van der Waals surface area contributed by atoms with E-state index in [1.807, 2.05) is 0 Å². The van der Waals surface area contributed by atoms with E-state index >= 15 is 0 Å². The van der Waals surface area contributed by atoms with Gasteiger partial charge in [-0.3, -0.25) is 0 Å². The third kappa shape index (κ3) is 1.67. The molecule has 6 heteroatoms. The second kappa shape index (κ2) is 3.92. The minimum absolute atomic E-state index is 0.678. The van der Waals surface area contributed by atoms with E-state index in [0.29, 0.717) is 0 Å². The van der Waals surface area contributed by atoms with E-state index in [4.69, 9.17) is 0 Å². The maximum absolute atomic E-state index is 13.1. The Morgan fingerprint density at radius 1 is 0.857 bits per heavy atom. The first-order chi connectivity index (χ1) is 6.37. The fourth-order valence-corrected chi connectivity index (χ4v) is 1.46. The van der Waals surface area contributed by atoms with Crippen LogP contribution in [0.5, 0.6) is 0 Å². The molecule has 1 nitrogen and oxygen atoms in total. The zero-order valence-corrected chi connectivity index (χ0v) is 9.49. The van der Waals surface area contributed by atoms with Crippen LogP contribution in [0.2, 0.25) is 0 Å². The van der Waals surface area contributed by atoms with Gasteiger partial charge in [0.2, 0.25) is 0 Å². The second-order valence-corrected chi connectivity index (χ2v) is 3.89. The lowest BCUT2D eigenvalue weighted by Gasteiger charge is -2.15. The van der Waals surface area contributed by atoms with E-state index in [1.54, 1.807) is 0 Å². The summed E-state index contributed by atoms with van der Waals surface area (Å²) in [4.78, 5) is 0.979. The lowest BCUT2D eigenvalue weighted by Crippen LogP contribution is -2.16. The fraction of sp³-hybridized carbons (Fsp3) is 0.250. The zero-order chi connectivity index (χ0) is 11.0. The molecular formula is C8H6F4IN. The molecule has 0 radical (unpaired) electrons. The molecule has 0 spiro atoms. The van der Waals surface area contributed by atoms with Gasteiger partial charge in [-0.25, -0.2) is 17.6 Å². The zero-order valence-electron chi connectivity index (χ0n) is 7.34. The van der Waals surface area contributed by atoms with Gasteiger partial charge in [-0.05, 0) is 22.6 Å². The Kier molecular flexibility index (Phi) is 3.23. The van der Waals surface area contributed by atoms with Crippen LogP contribution in [0.4, 0.5) is 23.2 Å². The van der Waals surface area contributed by atoms with Crippen molar-refractivity contribution in [3.05, 3.63) is 26.8 Å². The molecule has 0 amide bonds. The Hall–Kier alpha value is -0.530. The summed E-state index contributed by atoms with van der Waals surface area (Å²) >= 11 is 1.21. The molecule has 0 aliphatic heterocycles. The highest BCUT2D eigenvalue weighted by atomic mass is 127. The van der Waals surface area contributed by atoms with Crippen molar-refractivity contribution >= 4 is 28.3 Å². The van der Waals surface area contributed by atoms with Crippen LogP contribution in [0.3, 0.4) is 0 Å². The number of hydrogen-bond acceptors (Lipinski definition) is 1. The summed E-state index contributed by atoms with van der Waals surface area (Å²) in [5.41, 5.74) is -0.708. The van der Waals surface area contributed by atoms with Crippen molar-refractivity contribution in [3.63, 3.8) is 0 Å². The topological polar surface area (TPSA) is 3.24 Å². The molecule has 0 bridgehead atoms. The van der Waals surface area contributed by atoms with Crippen LogP contribution in [0.25, 0.3) is 0 Å². The molecule has 1 aromatic carbocycles. The second-order valence-electron chi connectivity index (χ2n) is 2.81. The fourth-order valence-electron chi connectivity index (χ4n) is 0.986. The van der Waals surface area contributed by atoms with Gasteiger partial charge < -0.3 is 4.90 Å². The lowest BCUT2D eigenvalue weighted by molar-refractivity contribution is 0.446. The molecule has 78 valence electrons. The highest BCUT2D eigenvalue weighted by molar-refractivity contribution is 14.1. The minimum Gasteiger partial charge on any atom is -0.373 e. The largest absolute Gasteiger partial charge is 0.373 e. The molecule has 0 N–H and O–H groups in total. The third-order valence-electron chi connectivity index (χ3n) is 1.63. The summed E-state index contributed by atoms with van der Waals surface area (Å²) in [6.45, 7) is 0. The Morgan fingerprint density at radius 3 is 1.50 bits per heavy atom. The highest BCUT2D eigenvalue weighted by Crippen LogP contribution is 2.30. The van der Waals surface area contributed by atoms with Gasteiger partial charge in [0.25, 0.3) is 0 Å². The molecule has 14 heavy (non-hydrogen) atoms. The molecule has 0 aliphatic carbocycles. The Bertz CT molecular complexity index is 349. The van der Waals surface area contributed by atoms with E-state index in [9.17, 15) is 17.6 Å². The molecule has 0 aliphatic rings. The smallest absolute Gasteiger partial charge is 0.186 e. The van der Waals surface area contributed by atoms with Crippen LogP contribution < -0.4 is 4.90 Å². The lowest BCUT2D eigenvalue weighted by atomic mass is 10.2. The number of benzene rings is 1. The van der Waals surface area contributed by atoms with Crippen molar-refractivity contribution < 1.29 is 17.6 Å². The van der Waals surface area contributed by atoms with Crippen LogP contribution in [0.1, 0.15) is 0 Å². The van der Waals surface area contributed by atoms with Gasteiger partial charge in [-0.2, -0.15) is 0 Å². The predicted octanol–water partition coefficient (Wildman–Crippen LogP) is 2.91. The summed E-state index contributed by atoms with van der Waals surface area (Å²) in [5, 5.41) is 0. The molecule has 0 saturated heterocycles. The van der Waals surface area contributed by atoms with Crippen LogP contribution in [0.15, 0.2) is 0 Å². The summed E-state index contributed by atoms with van der Waals surface area (Å²) < 4.78 is 51.5. The van der Waals surface area contributed by atoms with Crippen molar-refractivity contribution in [1.29, 1.82) is 0 Å². The first kappa shape index (κ1) is 11.5. The van der Waals surface area contributed by atoms with Crippen molar-refractivity contribution in [3.8, 4) is 0 Å². The monoisotopic (exact) mass is 319 g/mol. The van der Waals surface area contributed by atoms with Gasteiger partial charge in [0, 0.05) is 14.1 Å². The van der Waals surface area contributed by atoms with Crippen LogP contribution in [0, 0.1) is 26.8 Å². The molecule has 0 aromatic heterocycles. The van der Waals surface area contributed by atoms with Crippen molar-refractivity contribution in [2.24, 2.45) is 0 Å². The molecule has 0 heterocycles. The summed E-state index contributed by atoms with van der Waals surface area (Å²) in [5.74, 6) is -5.49. The number of rotatable bonds is 1. The van der Waals surface area contributed by atoms with E-state index in [0.717, 1.165) is 4.90 Å². The maximum atomic E-state index is 13.1. The summed E-state index contributed by atoms with van der Waals surface area (Å²) in [6.07, 6.45) is 0. The van der Waals surface area contributed by atoms with Crippen molar-refractivity contribution in [2.75, 3.05) is 19.0 Å². The van der Waals surface area contributed by atoms with E-state index in [1.165, 1.54) is 36.7 Å². The van der Waals surface area contributed by atoms with Crippen LogP contribution in [-0.4, -0.2) is 14.1 Å². The molecule has 0 atom stereocenters. The van der Waals surface area contributed by atoms with Gasteiger partial charge in [0.15, 0.2) is 23.3 Å². The Balaban J connectivity index is 3.60. The number of anilines is 1. The Morgan fingerprint density at radius 2 is 1.21 bits per heavy atom. The SMILES string of the molecule is CN(C)c1c(F)c(F)c(I)c(F)c1F. The maximum Gasteiger partial charge on any atom is 0.186 e. The first-order valence-electron chi connectivity index (χ1n) is 3.56. The summed E-state index contributed by atoms with van der Waals surface area (Å²) in [6, 6.07) is 0. The van der Waals surface area contributed by atoms with Gasteiger partial charge in [-0.1, -0.05) is 0 Å². The highest BCUT2D eigenvalue weighted by Gasteiger charge is 2.24. The van der Waals surface area contributed by atoms with E-state index in [2.05, 4.69) is 0 Å². The van der Waals surface area contributed by atoms with Gasteiger partial charge in [0.05, 0.1) is 3.57 Å². The summed E-state index contributed by atoms with van der Waals surface area (Å²) in [7, 11) is 2.60. The molecular weight excluding hydrogens is 313 g/mol. The quantitative estimate of drug-likeness (QED) is 0.333.